The molecule has 0 unspecified atom stereocenters. The summed E-state index contributed by atoms with van der Waals surface area (Å²) in [5.41, 5.74) is 2.08. The van der Waals surface area contributed by atoms with E-state index in [-0.39, 0.29) is 36.1 Å². The predicted octanol–water partition coefficient (Wildman–Crippen LogP) is 4.40. The summed E-state index contributed by atoms with van der Waals surface area (Å²) in [7, 11) is -3.60. The summed E-state index contributed by atoms with van der Waals surface area (Å²) in [6.45, 7) is 0.298. The third-order valence-corrected chi connectivity index (χ3v) is 8.98. The number of ether oxygens (including phenoxy) is 1. The molecule has 0 saturated heterocycles. The number of fused-ring (bicyclic) bond motifs is 3. The van der Waals surface area contributed by atoms with Crippen LogP contribution in [0.4, 0.5) is 0 Å². The number of rotatable bonds is 7. The molecule has 196 valence electrons. The summed E-state index contributed by atoms with van der Waals surface area (Å²) in [4.78, 5) is 25.7. The maximum absolute atomic E-state index is 14.6. The zero-order valence-corrected chi connectivity index (χ0v) is 22.0. The summed E-state index contributed by atoms with van der Waals surface area (Å²) < 4.78 is 32.8. The average Bonchev–Trinajstić information content (AvgIpc) is 3.33. The number of aromatic nitrogens is 1. The molecule has 0 fully saturated rings. The highest BCUT2D eigenvalue weighted by molar-refractivity contribution is 7.91. The summed E-state index contributed by atoms with van der Waals surface area (Å²) in [6, 6.07) is 29.4. The zero-order chi connectivity index (χ0) is 26.9. The molecule has 0 bridgehead atoms. The smallest absolute Gasteiger partial charge is 0.255 e. The van der Waals surface area contributed by atoms with Gasteiger partial charge in [0.1, 0.15) is 0 Å². The SMILES string of the molecule is O=C1N(CCS(=O)(=O)c2ccccc2)Cc2ccccc2[C@@H]2OC(c3ccccc3)=N[C@]12Cc1cccnc1. The summed E-state index contributed by atoms with van der Waals surface area (Å²) in [6.07, 6.45) is 3.01. The highest BCUT2D eigenvalue weighted by Crippen LogP contribution is 2.46. The van der Waals surface area contributed by atoms with Gasteiger partial charge in [-0.15, -0.1) is 0 Å². The Morgan fingerprint density at radius 1 is 0.897 bits per heavy atom. The second-order valence-electron chi connectivity index (χ2n) is 9.80. The van der Waals surface area contributed by atoms with E-state index in [0.29, 0.717) is 5.90 Å². The predicted molar refractivity (Wildman–Crippen MR) is 148 cm³/mol. The average molecular weight is 538 g/mol. The molecule has 0 N–H and O–H groups in total. The van der Waals surface area contributed by atoms with Crippen molar-refractivity contribution in [1.82, 2.24) is 9.88 Å². The lowest BCUT2D eigenvalue weighted by Crippen LogP contribution is -2.50. The van der Waals surface area contributed by atoms with Gasteiger partial charge in [0.15, 0.2) is 21.5 Å². The van der Waals surface area contributed by atoms with E-state index in [9.17, 15) is 13.2 Å². The number of benzene rings is 3. The van der Waals surface area contributed by atoms with Gasteiger partial charge in [0.2, 0.25) is 5.90 Å². The van der Waals surface area contributed by atoms with Crippen molar-refractivity contribution in [3.8, 4) is 0 Å². The largest absolute Gasteiger partial charge is 0.466 e. The van der Waals surface area contributed by atoms with E-state index in [1.54, 1.807) is 47.6 Å². The van der Waals surface area contributed by atoms with Gasteiger partial charge >= 0.3 is 0 Å². The van der Waals surface area contributed by atoms with Crippen molar-refractivity contribution < 1.29 is 17.9 Å². The Labute approximate surface area is 227 Å². The second-order valence-corrected chi connectivity index (χ2v) is 11.9. The van der Waals surface area contributed by atoms with Crippen LogP contribution in [-0.4, -0.2) is 47.9 Å². The minimum atomic E-state index is -3.60. The molecular formula is C31H27N3O4S. The monoisotopic (exact) mass is 537 g/mol. The van der Waals surface area contributed by atoms with Gasteiger partial charge < -0.3 is 9.64 Å². The topological polar surface area (TPSA) is 88.9 Å². The number of nitrogens with zero attached hydrogens (tertiary/aromatic N) is 3. The van der Waals surface area contributed by atoms with Crippen LogP contribution in [0.2, 0.25) is 0 Å². The van der Waals surface area contributed by atoms with Crippen molar-refractivity contribution in [3.63, 3.8) is 0 Å². The van der Waals surface area contributed by atoms with Gasteiger partial charge in [-0.3, -0.25) is 9.78 Å². The normalized spacial score (nSPS) is 20.4. The zero-order valence-electron chi connectivity index (χ0n) is 21.2. The Kier molecular flexibility index (Phi) is 6.48. The number of sulfone groups is 1. The molecule has 6 rings (SSSR count). The third-order valence-electron chi connectivity index (χ3n) is 7.27. The number of aliphatic imine (C=N–C) groups is 1. The maximum Gasteiger partial charge on any atom is 0.255 e. The van der Waals surface area contributed by atoms with Crippen molar-refractivity contribution in [2.75, 3.05) is 12.3 Å². The highest BCUT2D eigenvalue weighted by atomic mass is 32.2. The molecule has 2 aliphatic heterocycles. The number of hydrogen-bond donors (Lipinski definition) is 0. The highest BCUT2D eigenvalue weighted by Gasteiger charge is 2.56. The molecule has 0 saturated carbocycles. The van der Waals surface area contributed by atoms with Crippen LogP contribution in [0, 0.1) is 0 Å². The quantitative estimate of drug-likeness (QED) is 0.349. The molecule has 0 aliphatic carbocycles. The number of hydrogen-bond acceptors (Lipinski definition) is 6. The van der Waals surface area contributed by atoms with Crippen LogP contribution in [0.3, 0.4) is 0 Å². The van der Waals surface area contributed by atoms with Crippen LogP contribution < -0.4 is 0 Å². The van der Waals surface area contributed by atoms with Crippen molar-refractivity contribution in [2.24, 2.45) is 4.99 Å². The molecule has 3 heterocycles. The van der Waals surface area contributed by atoms with Gasteiger partial charge in [-0.25, -0.2) is 13.4 Å². The molecule has 8 heteroatoms. The molecule has 0 radical (unpaired) electrons. The molecule has 1 aromatic heterocycles. The van der Waals surface area contributed by atoms with Crippen LogP contribution in [0.25, 0.3) is 0 Å². The third kappa shape index (κ3) is 4.72. The van der Waals surface area contributed by atoms with Crippen LogP contribution in [0.5, 0.6) is 0 Å². The molecule has 7 nitrogen and oxygen atoms in total. The molecule has 1 amide bonds. The first-order valence-corrected chi connectivity index (χ1v) is 14.5. The molecule has 39 heavy (non-hydrogen) atoms. The maximum atomic E-state index is 14.6. The van der Waals surface area contributed by atoms with E-state index < -0.39 is 21.5 Å². The minimum Gasteiger partial charge on any atom is -0.466 e. The Balaban J connectivity index is 1.45. The minimum absolute atomic E-state index is 0.0299. The van der Waals surface area contributed by atoms with Crippen LogP contribution in [-0.2, 0) is 32.3 Å². The summed E-state index contributed by atoms with van der Waals surface area (Å²) in [5, 5.41) is 0. The lowest BCUT2D eigenvalue weighted by Gasteiger charge is -2.32. The molecule has 0 spiro atoms. The lowest BCUT2D eigenvalue weighted by molar-refractivity contribution is -0.139. The van der Waals surface area contributed by atoms with Crippen LogP contribution in [0.1, 0.15) is 28.4 Å². The standard InChI is InChI=1S/C31H27N3O4S/c35-30-31(20-23-10-9-17-32-21-23)28(38-29(33-31)24-11-3-1-4-12-24)27-16-8-7-13-25(27)22-34(30)18-19-39(36,37)26-14-5-2-6-15-26/h1-17,21,28H,18-20,22H2/t28-,31-/m0/s1. The molecular weight excluding hydrogens is 510 g/mol. The molecule has 2 atom stereocenters. The molecule has 3 aromatic carbocycles. The van der Waals surface area contributed by atoms with E-state index in [0.717, 1.165) is 22.3 Å². The lowest BCUT2D eigenvalue weighted by atomic mass is 9.82. The van der Waals surface area contributed by atoms with E-state index in [1.807, 2.05) is 66.7 Å². The van der Waals surface area contributed by atoms with E-state index in [2.05, 4.69) is 4.98 Å². The van der Waals surface area contributed by atoms with Gasteiger partial charge in [-0.2, -0.15) is 0 Å². The fourth-order valence-corrected chi connectivity index (χ4v) is 6.60. The Hall–Kier alpha value is -4.30. The first-order valence-electron chi connectivity index (χ1n) is 12.8. The fourth-order valence-electron chi connectivity index (χ4n) is 5.33. The van der Waals surface area contributed by atoms with Gasteiger partial charge in [-0.1, -0.05) is 66.7 Å². The first-order chi connectivity index (χ1) is 19.0. The summed E-state index contributed by atoms with van der Waals surface area (Å²) >= 11 is 0. The van der Waals surface area contributed by atoms with Gasteiger partial charge in [0.05, 0.1) is 10.6 Å². The first kappa shape index (κ1) is 25.0. The number of amides is 1. The van der Waals surface area contributed by atoms with Crippen LogP contribution >= 0.6 is 0 Å². The molecule has 4 aromatic rings. The van der Waals surface area contributed by atoms with Crippen molar-refractivity contribution in [1.29, 1.82) is 0 Å². The number of carbonyl (C=O) groups excluding carboxylic acids is 1. The Bertz CT molecular complexity index is 1630. The Morgan fingerprint density at radius 2 is 1.62 bits per heavy atom. The second kappa shape index (κ2) is 10.1. The van der Waals surface area contributed by atoms with E-state index in [4.69, 9.17) is 9.73 Å². The van der Waals surface area contributed by atoms with Crippen LogP contribution in [0.15, 0.2) is 119 Å². The summed E-state index contributed by atoms with van der Waals surface area (Å²) in [5.74, 6) is -0.0672. The number of carbonyl (C=O) groups is 1. The van der Waals surface area contributed by atoms with Crippen molar-refractivity contribution >= 4 is 21.6 Å². The molecule has 2 aliphatic rings. The van der Waals surface area contributed by atoms with Gasteiger partial charge in [0, 0.05) is 43.0 Å². The van der Waals surface area contributed by atoms with Crippen molar-refractivity contribution in [3.05, 3.63) is 132 Å². The van der Waals surface area contributed by atoms with E-state index >= 15 is 0 Å². The van der Waals surface area contributed by atoms with Gasteiger partial charge in [0.25, 0.3) is 5.91 Å². The Morgan fingerprint density at radius 3 is 2.36 bits per heavy atom. The van der Waals surface area contributed by atoms with Gasteiger partial charge in [-0.05, 0) is 41.5 Å². The number of pyridine rings is 1. The fraction of sp³-hybridized carbons (Fsp3) is 0.194. The van der Waals surface area contributed by atoms with E-state index in [1.165, 1.54) is 0 Å². The van der Waals surface area contributed by atoms with Crippen molar-refractivity contribution in [2.45, 2.75) is 29.5 Å².